The van der Waals surface area contributed by atoms with Crippen molar-refractivity contribution in [3.63, 3.8) is 0 Å². The Morgan fingerprint density at radius 3 is 2.61 bits per heavy atom. The molecule has 4 rings (SSSR count). The number of pyridine rings is 1. The average Bonchev–Trinajstić information content (AvgIpc) is 2.93. The van der Waals surface area contributed by atoms with Crippen LogP contribution in [-0.4, -0.2) is 27.4 Å². The van der Waals surface area contributed by atoms with Gasteiger partial charge in [-0.05, 0) is 24.6 Å². The predicted octanol–water partition coefficient (Wildman–Crippen LogP) is 3.97. The van der Waals surface area contributed by atoms with E-state index in [1.54, 1.807) is 6.07 Å². The van der Waals surface area contributed by atoms with Crippen molar-refractivity contribution in [1.82, 2.24) is 15.0 Å². The minimum absolute atomic E-state index is 0.0315. The maximum absolute atomic E-state index is 14.7. The van der Waals surface area contributed by atoms with E-state index >= 15 is 0 Å². The highest BCUT2D eigenvalue weighted by atomic mass is 35.5. The van der Waals surface area contributed by atoms with Gasteiger partial charge in [0.2, 0.25) is 5.91 Å². The number of amides is 1. The molecule has 1 saturated heterocycles. The summed E-state index contributed by atoms with van der Waals surface area (Å²) in [6.45, 7) is 4.17. The van der Waals surface area contributed by atoms with Gasteiger partial charge in [-0.2, -0.15) is 0 Å². The monoisotopic (exact) mass is 403 g/mol. The number of nitrogens with two attached hydrogens (primary N) is 1. The molecule has 144 valence electrons. The third-order valence-electron chi connectivity index (χ3n) is 4.99. The van der Waals surface area contributed by atoms with E-state index in [2.05, 4.69) is 15.0 Å². The quantitative estimate of drug-likeness (QED) is 0.654. The molecular formula is C19H16ClF2N5O. The fourth-order valence-corrected chi connectivity index (χ4v) is 3.47. The lowest BCUT2D eigenvalue weighted by molar-refractivity contribution is -0.124. The van der Waals surface area contributed by atoms with E-state index in [1.807, 2.05) is 13.8 Å². The molecule has 28 heavy (non-hydrogen) atoms. The largest absolute Gasteiger partial charge is 0.382 e. The Labute approximate surface area is 164 Å². The van der Waals surface area contributed by atoms with E-state index in [1.165, 1.54) is 17.3 Å². The highest BCUT2D eigenvalue weighted by Crippen LogP contribution is 2.39. The number of carbonyl (C=O) groups is 1. The summed E-state index contributed by atoms with van der Waals surface area (Å²) in [5.41, 5.74) is 6.27. The van der Waals surface area contributed by atoms with Crippen LogP contribution in [0.4, 0.5) is 20.4 Å². The van der Waals surface area contributed by atoms with Crippen molar-refractivity contribution in [3.05, 3.63) is 41.2 Å². The molecule has 0 bridgehead atoms. The standard InChI is InChI=1S/C19H16ClF2N5O/c1-19(2)5-6-27(18(19)28)12-7-10(9-3-4-11(21)13(20)14(9)22)15-16(26-12)17(23)25-8-24-15/h3-4,7-8H,5-6H2,1-2H3,(H2,23,24,25). The van der Waals surface area contributed by atoms with Crippen molar-refractivity contribution in [2.75, 3.05) is 17.2 Å². The smallest absolute Gasteiger partial charge is 0.233 e. The first-order valence-electron chi connectivity index (χ1n) is 8.58. The molecule has 0 aliphatic carbocycles. The van der Waals surface area contributed by atoms with Gasteiger partial charge in [-0.1, -0.05) is 25.4 Å². The minimum atomic E-state index is -0.926. The molecule has 6 nitrogen and oxygen atoms in total. The number of hydrogen-bond donors (Lipinski definition) is 1. The summed E-state index contributed by atoms with van der Waals surface area (Å²) in [4.78, 5) is 26.8. The lowest BCUT2D eigenvalue weighted by Gasteiger charge is -2.20. The van der Waals surface area contributed by atoms with Gasteiger partial charge in [0, 0.05) is 23.1 Å². The van der Waals surface area contributed by atoms with Gasteiger partial charge in [-0.25, -0.2) is 23.7 Å². The van der Waals surface area contributed by atoms with Gasteiger partial charge >= 0.3 is 0 Å². The third kappa shape index (κ3) is 2.75. The molecule has 1 aliphatic heterocycles. The van der Waals surface area contributed by atoms with E-state index < -0.39 is 22.1 Å². The third-order valence-corrected chi connectivity index (χ3v) is 5.34. The zero-order valence-corrected chi connectivity index (χ0v) is 15.9. The zero-order chi connectivity index (χ0) is 20.2. The molecule has 2 aromatic heterocycles. The van der Waals surface area contributed by atoms with Gasteiger partial charge in [-0.3, -0.25) is 9.69 Å². The Kier molecular flexibility index (Phi) is 4.19. The topological polar surface area (TPSA) is 85.0 Å². The van der Waals surface area contributed by atoms with Crippen LogP contribution in [-0.2, 0) is 4.79 Å². The minimum Gasteiger partial charge on any atom is -0.382 e. The second-order valence-corrected chi connectivity index (χ2v) is 7.68. The molecule has 1 aromatic carbocycles. The lowest BCUT2D eigenvalue weighted by Crippen LogP contribution is -2.31. The fourth-order valence-electron chi connectivity index (χ4n) is 3.31. The highest BCUT2D eigenvalue weighted by molar-refractivity contribution is 6.31. The van der Waals surface area contributed by atoms with E-state index in [9.17, 15) is 13.6 Å². The summed E-state index contributed by atoms with van der Waals surface area (Å²) in [5, 5.41) is -0.621. The number of anilines is 2. The predicted molar refractivity (Wildman–Crippen MR) is 103 cm³/mol. The van der Waals surface area contributed by atoms with E-state index in [0.717, 1.165) is 6.07 Å². The molecule has 1 fully saturated rings. The molecule has 0 radical (unpaired) electrons. The molecular weight excluding hydrogens is 388 g/mol. The molecule has 9 heteroatoms. The number of nitrogens with zero attached hydrogens (tertiary/aromatic N) is 4. The Morgan fingerprint density at radius 2 is 1.93 bits per heavy atom. The number of benzene rings is 1. The Hall–Kier alpha value is -2.87. The van der Waals surface area contributed by atoms with Crippen LogP contribution in [0.3, 0.4) is 0 Å². The number of aromatic nitrogens is 3. The molecule has 0 saturated carbocycles. The molecule has 1 amide bonds. The van der Waals surface area contributed by atoms with Crippen LogP contribution < -0.4 is 10.6 Å². The Morgan fingerprint density at radius 1 is 1.18 bits per heavy atom. The maximum atomic E-state index is 14.7. The lowest BCUT2D eigenvalue weighted by atomic mass is 9.92. The molecule has 0 unspecified atom stereocenters. The van der Waals surface area contributed by atoms with Crippen LogP contribution >= 0.6 is 11.6 Å². The summed E-state index contributed by atoms with van der Waals surface area (Å²) in [7, 11) is 0. The molecule has 0 atom stereocenters. The summed E-state index contributed by atoms with van der Waals surface area (Å²) < 4.78 is 28.4. The van der Waals surface area contributed by atoms with Crippen LogP contribution in [0, 0.1) is 17.0 Å². The van der Waals surface area contributed by atoms with Crippen LogP contribution in [0.15, 0.2) is 24.5 Å². The Bertz CT molecular complexity index is 1130. The van der Waals surface area contributed by atoms with E-state index in [4.69, 9.17) is 17.3 Å². The van der Waals surface area contributed by atoms with Crippen molar-refractivity contribution >= 4 is 40.2 Å². The van der Waals surface area contributed by atoms with Gasteiger partial charge in [0.05, 0.1) is 0 Å². The zero-order valence-electron chi connectivity index (χ0n) is 15.1. The number of carbonyl (C=O) groups excluding carboxylic acids is 1. The van der Waals surface area contributed by atoms with Gasteiger partial charge < -0.3 is 5.73 Å². The molecule has 1 aliphatic rings. The van der Waals surface area contributed by atoms with Crippen molar-refractivity contribution in [1.29, 1.82) is 0 Å². The van der Waals surface area contributed by atoms with Crippen molar-refractivity contribution < 1.29 is 13.6 Å². The van der Waals surface area contributed by atoms with Crippen molar-refractivity contribution in [2.24, 2.45) is 5.41 Å². The van der Waals surface area contributed by atoms with Gasteiger partial charge in [0.15, 0.2) is 11.6 Å². The van der Waals surface area contributed by atoms with Crippen molar-refractivity contribution in [2.45, 2.75) is 20.3 Å². The van der Waals surface area contributed by atoms with E-state index in [0.29, 0.717) is 24.3 Å². The Balaban J connectivity index is 2.00. The number of nitrogen functional groups attached to an aromatic ring is 1. The van der Waals surface area contributed by atoms with Gasteiger partial charge in [0.25, 0.3) is 0 Å². The molecule has 0 spiro atoms. The summed E-state index contributed by atoms with van der Waals surface area (Å²) in [6.07, 6.45) is 1.88. The van der Waals surface area contributed by atoms with Gasteiger partial charge in [-0.15, -0.1) is 0 Å². The number of rotatable bonds is 2. The first-order valence-corrected chi connectivity index (χ1v) is 8.95. The molecule has 2 N–H and O–H groups in total. The maximum Gasteiger partial charge on any atom is 0.233 e. The normalized spacial score (nSPS) is 16.2. The first kappa shape index (κ1) is 18.5. The second-order valence-electron chi connectivity index (χ2n) is 7.30. The number of fused-ring (bicyclic) bond motifs is 1. The SMILES string of the molecule is CC1(C)CCN(c2cc(-c3ccc(F)c(Cl)c3F)c3ncnc(N)c3n2)C1=O. The van der Waals surface area contributed by atoms with E-state index in [-0.39, 0.29) is 28.3 Å². The average molecular weight is 404 g/mol. The van der Waals surface area contributed by atoms with Crippen LogP contribution in [0.2, 0.25) is 5.02 Å². The molecule has 3 heterocycles. The molecule has 3 aromatic rings. The number of halogens is 3. The van der Waals surface area contributed by atoms with Gasteiger partial charge in [0.1, 0.15) is 34.0 Å². The van der Waals surface area contributed by atoms with Crippen LogP contribution in [0.1, 0.15) is 20.3 Å². The highest BCUT2D eigenvalue weighted by Gasteiger charge is 2.40. The second kappa shape index (κ2) is 6.34. The summed E-state index contributed by atoms with van der Waals surface area (Å²) in [6, 6.07) is 3.88. The summed E-state index contributed by atoms with van der Waals surface area (Å²) in [5.74, 6) is -1.50. The number of hydrogen-bond acceptors (Lipinski definition) is 5. The fraction of sp³-hybridized carbons (Fsp3) is 0.263. The van der Waals surface area contributed by atoms with Crippen molar-refractivity contribution in [3.8, 4) is 11.1 Å². The van der Waals surface area contributed by atoms with Crippen LogP contribution in [0.25, 0.3) is 22.2 Å². The summed E-state index contributed by atoms with van der Waals surface area (Å²) >= 11 is 5.76. The van der Waals surface area contributed by atoms with Crippen LogP contribution in [0.5, 0.6) is 0 Å². The first-order chi connectivity index (χ1) is 13.2.